The topological polar surface area (TPSA) is 117 Å². The molecule has 0 spiro atoms. The molecule has 0 radical (unpaired) electrons. The summed E-state index contributed by atoms with van der Waals surface area (Å²) < 4.78 is 10.5. The van der Waals surface area contributed by atoms with Crippen LogP contribution in [0.4, 0.5) is 11.4 Å². The molecule has 9 heteroatoms. The zero-order chi connectivity index (χ0) is 21.8. The minimum Gasteiger partial charge on any atom is -0.454 e. The first-order valence-electron chi connectivity index (χ1n) is 10.1. The predicted octanol–water partition coefficient (Wildman–Crippen LogP) is 1.72. The van der Waals surface area contributed by atoms with E-state index in [1.807, 2.05) is 0 Å². The van der Waals surface area contributed by atoms with E-state index in [0.717, 1.165) is 6.42 Å². The molecule has 3 N–H and O–H groups in total. The molecule has 2 aliphatic rings. The number of anilines is 2. The SMILES string of the molecule is O=C(NCCC(O)c1ccc2c(c1)OCO2)C(=O)Nc1cccc(N2CCCC2=O)c1. The van der Waals surface area contributed by atoms with Crippen molar-refractivity contribution >= 4 is 29.1 Å². The molecule has 1 atom stereocenters. The Labute approximate surface area is 178 Å². The fourth-order valence-corrected chi connectivity index (χ4v) is 3.55. The van der Waals surface area contributed by atoms with E-state index in [0.29, 0.717) is 41.4 Å². The van der Waals surface area contributed by atoms with Crippen LogP contribution in [0.5, 0.6) is 11.5 Å². The van der Waals surface area contributed by atoms with E-state index in [1.165, 1.54) is 0 Å². The summed E-state index contributed by atoms with van der Waals surface area (Å²) in [6, 6.07) is 12.0. The summed E-state index contributed by atoms with van der Waals surface area (Å²) in [6.07, 6.45) is 0.714. The Morgan fingerprint density at radius 2 is 1.94 bits per heavy atom. The van der Waals surface area contributed by atoms with Crippen molar-refractivity contribution in [3.8, 4) is 11.5 Å². The number of hydrogen-bond acceptors (Lipinski definition) is 6. The molecule has 0 bridgehead atoms. The van der Waals surface area contributed by atoms with E-state index in [2.05, 4.69) is 10.6 Å². The molecule has 2 aliphatic heterocycles. The van der Waals surface area contributed by atoms with E-state index in [9.17, 15) is 19.5 Å². The number of hydrogen-bond donors (Lipinski definition) is 3. The lowest BCUT2D eigenvalue weighted by molar-refractivity contribution is -0.136. The number of carbonyl (C=O) groups is 3. The Hall–Kier alpha value is -3.59. The second-order valence-electron chi connectivity index (χ2n) is 7.33. The monoisotopic (exact) mass is 425 g/mol. The van der Waals surface area contributed by atoms with Gasteiger partial charge < -0.3 is 30.1 Å². The number of ether oxygens (including phenoxy) is 2. The first-order chi connectivity index (χ1) is 15.0. The van der Waals surface area contributed by atoms with Crippen molar-refractivity contribution in [1.82, 2.24) is 5.32 Å². The van der Waals surface area contributed by atoms with Gasteiger partial charge in [0.25, 0.3) is 0 Å². The number of fused-ring (bicyclic) bond motifs is 1. The number of carbonyl (C=O) groups excluding carboxylic acids is 3. The predicted molar refractivity (Wildman–Crippen MR) is 112 cm³/mol. The molecular formula is C22H23N3O6. The molecule has 1 unspecified atom stereocenters. The number of rotatable bonds is 6. The van der Waals surface area contributed by atoms with Gasteiger partial charge in [0.05, 0.1) is 6.10 Å². The van der Waals surface area contributed by atoms with Crippen molar-refractivity contribution < 1.29 is 29.0 Å². The van der Waals surface area contributed by atoms with Crippen LogP contribution in [0.2, 0.25) is 0 Å². The Morgan fingerprint density at radius 1 is 1.10 bits per heavy atom. The summed E-state index contributed by atoms with van der Waals surface area (Å²) in [7, 11) is 0. The summed E-state index contributed by atoms with van der Waals surface area (Å²) >= 11 is 0. The van der Waals surface area contributed by atoms with Gasteiger partial charge in [-0.1, -0.05) is 12.1 Å². The van der Waals surface area contributed by atoms with Gasteiger partial charge in [-0.15, -0.1) is 0 Å². The minimum absolute atomic E-state index is 0.0437. The Balaban J connectivity index is 1.26. The Bertz CT molecular complexity index is 1010. The average Bonchev–Trinajstić information content (AvgIpc) is 3.41. The molecule has 31 heavy (non-hydrogen) atoms. The highest BCUT2D eigenvalue weighted by Crippen LogP contribution is 2.34. The van der Waals surface area contributed by atoms with Crippen LogP contribution in [0.1, 0.15) is 30.9 Å². The van der Waals surface area contributed by atoms with Crippen LogP contribution in [0.3, 0.4) is 0 Å². The molecule has 162 valence electrons. The highest BCUT2D eigenvalue weighted by molar-refractivity contribution is 6.39. The van der Waals surface area contributed by atoms with E-state index < -0.39 is 17.9 Å². The molecule has 0 aromatic heterocycles. The number of amides is 3. The second kappa shape index (κ2) is 9.05. The van der Waals surface area contributed by atoms with Crippen LogP contribution in [0.15, 0.2) is 42.5 Å². The number of benzene rings is 2. The van der Waals surface area contributed by atoms with Gasteiger partial charge in [0, 0.05) is 30.9 Å². The van der Waals surface area contributed by atoms with E-state index in [1.54, 1.807) is 47.4 Å². The minimum atomic E-state index is -0.826. The van der Waals surface area contributed by atoms with Crippen molar-refractivity contribution in [1.29, 1.82) is 0 Å². The van der Waals surface area contributed by atoms with Crippen LogP contribution in [-0.2, 0) is 14.4 Å². The van der Waals surface area contributed by atoms with Gasteiger partial charge in [0.2, 0.25) is 12.7 Å². The van der Waals surface area contributed by atoms with Crippen LogP contribution < -0.4 is 25.0 Å². The maximum absolute atomic E-state index is 12.2. The van der Waals surface area contributed by atoms with Gasteiger partial charge in [-0.25, -0.2) is 0 Å². The third-order valence-corrected chi connectivity index (χ3v) is 5.18. The molecule has 0 saturated carbocycles. The van der Waals surface area contributed by atoms with Gasteiger partial charge >= 0.3 is 11.8 Å². The maximum atomic E-state index is 12.2. The van der Waals surface area contributed by atoms with Crippen LogP contribution in [0.25, 0.3) is 0 Å². The molecule has 9 nitrogen and oxygen atoms in total. The molecule has 0 aliphatic carbocycles. The van der Waals surface area contributed by atoms with Gasteiger partial charge in [-0.3, -0.25) is 14.4 Å². The average molecular weight is 425 g/mol. The molecule has 1 saturated heterocycles. The van der Waals surface area contributed by atoms with Crippen molar-refractivity contribution in [2.24, 2.45) is 0 Å². The zero-order valence-electron chi connectivity index (χ0n) is 16.8. The molecule has 3 amide bonds. The first kappa shape index (κ1) is 20.7. The van der Waals surface area contributed by atoms with Crippen LogP contribution in [-0.4, -0.2) is 42.7 Å². The summed E-state index contributed by atoms with van der Waals surface area (Å²) in [4.78, 5) is 37.8. The molecule has 1 fully saturated rings. The first-order valence-corrected chi connectivity index (χ1v) is 10.1. The number of aliphatic hydroxyl groups excluding tert-OH is 1. The molecule has 2 aromatic rings. The smallest absolute Gasteiger partial charge is 0.313 e. The summed E-state index contributed by atoms with van der Waals surface area (Å²) in [5, 5.41) is 15.4. The standard InChI is InChI=1S/C22H23N3O6/c26-17(14-6-7-18-19(11-14)31-13-30-18)8-9-23-21(28)22(29)24-15-3-1-4-16(12-15)25-10-2-5-20(25)27/h1,3-4,6-7,11-12,17,26H,2,5,8-10,13H2,(H,23,28)(H,24,29). The van der Waals surface area contributed by atoms with Crippen LogP contribution >= 0.6 is 0 Å². The summed E-state index contributed by atoms with van der Waals surface area (Å²) in [5.41, 5.74) is 1.75. The number of nitrogens with zero attached hydrogens (tertiary/aromatic N) is 1. The van der Waals surface area contributed by atoms with Crippen molar-refractivity contribution in [3.63, 3.8) is 0 Å². The molecule has 4 rings (SSSR count). The van der Waals surface area contributed by atoms with Crippen LogP contribution in [0, 0.1) is 0 Å². The maximum Gasteiger partial charge on any atom is 0.313 e. The third-order valence-electron chi connectivity index (χ3n) is 5.18. The lowest BCUT2D eigenvalue weighted by Crippen LogP contribution is -2.36. The lowest BCUT2D eigenvalue weighted by atomic mass is 10.1. The van der Waals surface area contributed by atoms with Gasteiger partial charge in [0.1, 0.15) is 0 Å². The van der Waals surface area contributed by atoms with Gasteiger partial charge in [-0.2, -0.15) is 0 Å². The number of nitrogens with one attached hydrogen (secondary N) is 2. The second-order valence-corrected chi connectivity index (χ2v) is 7.33. The number of aliphatic hydroxyl groups is 1. The largest absolute Gasteiger partial charge is 0.454 e. The van der Waals surface area contributed by atoms with E-state index >= 15 is 0 Å². The fraction of sp³-hybridized carbons (Fsp3) is 0.318. The van der Waals surface area contributed by atoms with Crippen molar-refractivity contribution in [3.05, 3.63) is 48.0 Å². The fourth-order valence-electron chi connectivity index (χ4n) is 3.55. The molecule has 2 heterocycles. The van der Waals surface area contributed by atoms with E-state index in [4.69, 9.17) is 9.47 Å². The normalized spacial score (nSPS) is 15.6. The van der Waals surface area contributed by atoms with E-state index in [-0.39, 0.29) is 25.7 Å². The van der Waals surface area contributed by atoms with Gasteiger partial charge in [0.15, 0.2) is 11.5 Å². The summed E-state index contributed by atoms with van der Waals surface area (Å²) in [6.45, 7) is 0.907. The van der Waals surface area contributed by atoms with Gasteiger partial charge in [-0.05, 0) is 48.7 Å². The summed E-state index contributed by atoms with van der Waals surface area (Å²) in [5.74, 6) is -0.387. The Kier molecular flexibility index (Phi) is 6.03. The highest BCUT2D eigenvalue weighted by atomic mass is 16.7. The third kappa shape index (κ3) is 4.77. The van der Waals surface area contributed by atoms with Crippen molar-refractivity contribution in [2.45, 2.75) is 25.4 Å². The highest BCUT2D eigenvalue weighted by Gasteiger charge is 2.22. The lowest BCUT2D eigenvalue weighted by Gasteiger charge is -2.16. The quantitative estimate of drug-likeness (QED) is 0.607. The Morgan fingerprint density at radius 3 is 2.74 bits per heavy atom. The van der Waals surface area contributed by atoms with Crippen molar-refractivity contribution in [2.75, 3.05) is 30.1 Å². The molecule has 2 aromatic carbocycles. The zero-order valence-corrected chi connectivity index (χ0v) is 16.8. The molecular weight excluding hydrogens is 402 g/mol.